The molecule has 30 heavy (non-hydrogen) atoms. The molecule has 0 spiro atoms. The number of carbonyl (C=O) groups excluding carboxylic acids is 3. The summed E-state index contributed by atoms with van der Waals surface area (Å²) in [6.45, 7) is 3.17. The number of anilines is 1. The number of benzene rings is 2. The number of amidine groups is 1. The smallest absolute Gasteiger partial charge is 0.240 e. The number of Topliss-reactive ketones (excluding diaryl/α,β-unsaturated/α-hetero) is 1. The quantitative estimate of drug-likeness (QED) is 0.420. The van der Waals surface area contributed by atoms with Crippen molar-refractivity contribution in [2.75, 3.05) is 5.32 Å². The van der Waals surface area contributed by atoms with E-state index in [1.807, 2.05) is 0 Å². The standard InChI is InChI=1S/C21H19FN4O3S/c1-12(14-6-8-16(22)9-7-14)25-26-21-24-20(29)18(30-21)11-19(28)23-17-5-3-4-15(10-17)13(2)27/h3-10,18H,11H2,1-2H3,(H,23,28)(H,24,26,29)/b25-12+/t18-/m0/s1. The van der Waals surface area contributed by atoms with Gasteiger partial charge in [0.05, 0.1) is 5.71 Å². The van der Waals surface area contributed by atoms with Crippen LogP contribution in [0.3, 0.4) is 0 Å². The van der Waals surface area contributed by atoms with Gasteiger partial charge in [0.25, 0.3) is 0 Å². The highest BCUT2D eigenvalue weighted by Crippen LogP contribution is 2.23. The van der Waals surface area contributed by atoms with E-state index in [0.717, 1.165) is 11.8 Å². The van der Waals surface area contributed by atoms with Crippen LogP contribution in [0.4, 0.5) is 10.1 Å². The molecule has 2 aromatic carbocycles. The molecular weight excluding hydrogens is 407 g/mol. The average Bonchev–Trinajstić information content (AvgIpc) is 3.06. The Kier molecular flexibility index (Phi) is 6.73. The van der Waals surface area contributed by atoms with E-state index in [1.54, 1.807) is 43.3 Å². The highest BCUT2D eigenvalue weighted by molar-refractivity contribution is 8.15. The summed E-state index contributed by atoms with van der Waals surface area (Å²) in [7, 11) is 0. The lowest BCUT2D eigenvalue weighted by atomic mass is 10.1. The molecule has 0 radical (unpaired) electrons. The van der Waals surface area contributed by atoms with Gasteiger partial charge in [-0.2, -0.15) is 5.10 Å². The van der Waals surface area contributed by atoms with Gasteiger partial charge >= 0.3 is 0 Å². The van der Waals surface area contributed by atoms with Crippen molar-refractivity contribution in [2.45, 2.75) is 25.5 Å². The number of rotatable bonds is 6. The van der Waals surface area contributed by atoms with E-state index in [0.29, 0.717) is 22.5 Å². The van der Waals surface area contributed by atoms with Crippen LogP contribution in [-0.4, -0.2) is 33.7 Å². The van der Waals surface area contributed by atoms with Gasteiger partial charge in [-0.25, -0.2) is 4.39 Å². The second kappa shape index (κ2) is 9.45. The maximum absolute atomic E-state index is 13.0. The maximum Gasteiger partial charge on any atom is 0.240 e. The zero-order valence-electron chi connectivity index (χ0n) is 16.3. The second-order valence-corrected chi connectivity index (χ2v) is 7.77. The van der Waals surface area contributed by atoms with Gasteiger partial charge in [-0.3, -0.25) is 14.4 Å². The normalized spacial score (nSPS) is 17.7. The van der Waals surface area contributed by atoms with Crippen LogP contribution in [0.5, 0.6) is 0 Å². The number of hydrogen-bond donors (Lipinski definition) is 2. The van der Waals surface area contributed by atoms with Gasteiger partial charge in [0, 0.05) is 17.7 Å². The van der Waals surface area contributed by atoms with Crippen LogP contribution < -0.4 is 10.6 Å². The van der Waals surface area contributed by atoms with Crippen LogP contribution in [0, 0.1) is 5.82 Å². The average molecular weight is 426 g/mol. The van der Waals surface area contributed by atoms with Crippen molar-refractivity contribution < 1.29 is 18.8 Å². The Morgan fingerprint density at radius 3 is 2.57 bits per heavy atom. The topological polar surface area (TPSA) is 100.0 Å². The molecular formula is C21H19FN4O3S. The van der Waals surface area contributed by atoms with Gasteiger partial charge in [0.1, 0.15) is 11.1 Å². The Morgan fingerprint density at radius 1 is 1.13 bits per heavy atom. The highest BCUT2D eigenvalue weighted by atomic mass is 32.2. The minimum absolute atomic E-state index is 0.0551. The van der Waals surface area contributed by atoms with E-state index >= 15 is 0 Å². The number of amides is 2. The molecule has 0 unspecified atom stereocenters. The molecule has 2 amide bonds. The van der Waals surface area contributed by atoms with E-state index in [-0.39, 0.29) is 35.0 Å². The van der Waals surface area contributed by atoms with E-state index in [4.69, 9.17) is 0 Å². The number of nitrogens with one attached hydrogen (secondary N) is 2. The minimum Gasteiger partial charge on any atom is -0.326 e. The predicted molar refractivity (Wildman–Crippen MR) is 115 cm³/mol. The molecule has 1 aliphatic rings. The fraction of sp³-hybridized carbons (Fsp3) is 0.190. The van der Waals surface area contributed by atoms with Crippen LogP contribution in [0.2, 0.25) is 0 Å². The second-order valence-electron chi connectivity index (χ2n) is 6.58. The van der Waals surface area contributed by atoms with E-state index in [2.05, 4.69) is 20.8 Å². The molecule has 0 aromatic heterocycles. The number of thioether (sulfide) groups is 1. The van der Waals surface area contributed by atoms with Crippen molar-refractivity contribution >= 4 is 45.9 Å². The van der Waals surface area contributed by atoms with Crippen molar-refractivity contribution in [1.29, 1.82) is 0 Å². The minimum atomic E-state index is -0.638. The van der Waals surface area contributed by atoms with Crippen molar-refractivity contribution in [3.63, 3.8) is 0 Å². The molecule has 1 heterocycles. The SMILES string of the molecule is CC(=O)c1cccc(NC(=O)C[C@@H]2S/C(=N/N=C(\C)c3ccc(F)cc3)NC2=O)c1. The molecule has 154 valence electrons. The molecule has 1 fully saturated rings. The van der Waals surface area contributed by atoms with Crippen LogP contribution in [0.15, 0.2) is 58.7 Å². The summed E-state index contributed by atoms with van der Waals surface area (Å²) in [6.07, 6.45) is -0.0551. The summed E-state index contributed by atoms with van der Waals surface area (Å²) in [5.74, 6) is -1.13. The number of halogens is 1. The lowest BCUT2D eigenvalue weighted by Gasteiger charge is -2.08. The summed E-state index contributed by atoms with van der Waals surface area (Å²) < 4.78 is 13.0. The summed E-state index contributed by atoms with van der Waals surface area (Å²) in [5, 5.41) is 13.0. The summed E-state index contributed by atoms with van der Waals surface area (Å²) in [4.78, 5) is 35.9. The van der Waals surface area contributed by atoms with Crippen molar-refractivity contribution in [2.24, 2.45) is 10.2 Å². The summed E-state index contributed by atoms with van der Waals surface area (Å²) in [6, 6.07) is 12.4. The first-order chi connectivity index (χ1) is 14.3. The van der Waals surface area contributed by atoms with Gasteiger partial charge < -0.3 is 10.6 Å². The first kappa shape index (κ1) is 21.4. The van der Waals surface area contributed by atoms with Crippen LogP contribution in [-0.2, 0) is 9.59 Å². The van der Waals surface area contributed by atoms with Crippen molar-refractivity contribution in [3.8, 4) is 0 Å². The van der Waals surface area contributed by atoms with E-state index in [9.17, 15) is 18.8 Å². The van der Waals surface area contributed by atoms with Crippen molar-refractivity contribution in [3.05, 3.63) is 65.5 Å². The zero-order valence-corrected chi connectivity index (χ0v) is 17.1. The number of ketones is 1. The Labute approximate surface area is 176 Å². The maximum atomic E-state index is 13.0. The van der Waals surface area contributed by atoms with E-state index < -0.39 is 5.25 Å². The van der Waals surface area contributed by atoms with Crippen LogP contribution in [0.25, 0.3) is 0 Å². The molecule has 9 heteroatoms. The number of nitrogens with zero attached hydrogens (tertiary/aromatic N) is 2. The molecule has 1 aliphatic heterocycles. The molecule has 3 rings (SSSR count). The monoisotopic (exact) mass is 426 g/mol. The first-order valence-electron chi connectivity index (χ1n) is 9.08. The zero-order chi connectivity index (χ0) is 21.7. The van der Waals surface area contributed by atoms with Crippen molar-refractivity contribution in [1.82, 2.24) is 5.32 Å². The number of carbonyl (C=O) groups is 3. The molecule has 1 atom stereocenters. The third-order valence-electron chi connectivity index (χ3n) is 4.25. The Bertz CT molecular complexity index is 1050. The summed E-state index contributed by atoms with van der Waals surface area (Å²) >= 11 is 1.11. The molecule has 7 nitrogen and oxygen atoms in total. The summed E-state index contributed by atoms with van der Waals surface area (Å²) in [5.41, 5.74) is 2.25. The molecule has 0 bridgehead atoms. The van der Waals surface area contributed by atoms with Gasteiger partial charge in [-0.05, 0) is 43.7 Å². The Morgan fingerprint density at radius 2 is 1.87 bits per heavy atom. The third-order valence-corrected chi connectivity index (χ3v) is 5.33. The van der Waals surface area contributed by atoms with Gasteiger partial charge in [-0.1, -0.05) is 36.0 Å². The van der Waals surface area contributed by atoms with Crippen LogP contribution >= 0.6 is 11.8 Å². The largest absolute Gasteiger partial charge is 0.326 e. The molecule has 0 aliphatic carbocycles. The Hall–Kier alpha value is -3.33. The lowest BCUT2D eigenvalue weighted by Crippen LogP contribution is -2.28. The van der Waals surface area contributed by atoms with E-state index in [1.165, 1.54) is 19.1 Å². The fourth-order valence-corrected chi connectivity index (χ4v) is 3.57. The Balaban J connectivity index is 1.60. The first-order valence-corrected chi connectivity index (χ1v) is 9.96. The highest BCUT2D eigenvalue weighted by Gasteiger charge is 2.32. The van der Waals surface area contributed by atoms with Crippen LogP contribution in [0.1, 0.15) is 36.2 Å². The van der Waals surface area contributed by atoms with Gasteiger partial charge in [0.2, 0.25) is 11.8 Å². The molecule has 1 saturated heterocycles. The third kappa shape index (κ3) is 5.60. The molecule has 2 N–H and O–H groups in total. The molecule has 2 aromatic rings. The number of hydrogen-bond acceptors (Lipinski definition) is 6. The fourth-order valence-electron chi connectivity index (χ4n) is 2.65. The lowest BCUT2D eigenvalue weighted by molar-refractivity contribution is -0.122. The predicted octanol–water partition coefficient (Wildman–Crippen LogP) is 3.37. The van der Waals surface area contributed by atoms with Gasteiger partial charge in [-0.15, -0.1) is 5.10 Å². The molecule has 0 saturated carbocycles. The van der Waals surface area contributed by atoms with Gasteiger partial charge in [0.15, 0.2) is 11.0 Å².